The molecule has 0 amide bonds. The van der Waals surface area contributed by atoms with Crippen LogP contribution in [-0.4, -0.2) is 31.7 Å². The van der Waals surface area contributed by atoms with Gasteiger partial charge in [-0.2, -0.15) is 0 Å². The van der Waals surface area contributed by atoms with Crippen molar-refractivity contribution in [1.82, 2.24) is 24.6 Å². The van der Waals surface area contributed by atoms with Crippen LogP contribution < -0.4 is 10.1 Å². The lowest BCUT2D eigenvalue weighted by Crippen LogP contribution is -2.07. The highest BCUT2D eigenvalue weighted by Crippen LogP contribution is 2.26. The number of anilines is 1. The first-order valence-corrected chi connectivity index (χ1v) is 7.92. The van der Waals surface area contributed by atoms with E-state index in [0.717, 1.165) is 11.4 Å². The summed E-state index contributed by atoms with van der Waals surface area (Å²) in [4.78, 5) is 8.39. The van der Waals surface area contributed by atoms with Gasteiger partial charge in [0.25, 0.3) is 0 Å². The average molecular weight is 350 g/mol. The van der Waals surface area contributed by atoms with Gasteiger partial charge in [0, 0.05) is 30.1 Å². The Morgan fingerprint density at radius 2 is 2.12 bits per heavy atom. The number of halogens is 1. The molecule has 3 aromatic heterocycles. The number of hydrogen-bond acceptors (Lipinski definition) is 6. The Kier molecular flexibility index (Phi) is 4.14. The van der Waals surface area contributed by atoms with Gasteiger partial charge >= 0.3 is 0 Å². The Balaban J connectivity index is 1.68. The molecule has 26 heavy (non-hydrogen) atoms. The molecule has 130 valence electrons. The van der Waals surface area contributed by atoms with Gasteiger partial charge in [0.2, 0.25) is 0 Å². The van der Waals surface area contributed by atoms with Crippen LogP contribution in [-0.2, 0) is 6.54 Å². The predicted molar refractivity (Wildman–Crippen MR) is 94.3 cm³/mol. The third-order valence-electron chi connectivity index (χ3n) is 4.04. The second-order valence-corrected chi connectivity index (χ2v) is 5.52. The lowest BCUT2D eigenvalue weighted by molar-refractivity contribution is 0.405. The topological polar surface area (TPSA) is 77.2 Å². The van der Waals surface area contributed by atoms with E-state index in [0.29, 0.717) is 22.7 Å². The Morgan fingerprint density at radius 3 is 2.92 bits per heavy atom. The van der Waals surface area contributed by atoms with Gasteiger partial charge in [0.05, 0.1) is 19.0 Å². The molecule has 4 aromatic rings. The summed E-state index contributed by atoms with van der Waals surface area (Å²) >= 11 is 0. The van der Waals surface area contributed by atoms with Gasteiger partial charge in [-0.05, 0) is 24.3 Å². The Hall–Kier alpha value is -3.55. The van der Waals surface area contributed by atoms with E-state index in [1.165, 1.54) is 13.2 Å². The molecular weight excluding hydrogens is 335 g/mol. The van der Waals surface area contributed by atoms with Crippen molar-refractivity contribution < 1.29 is 9.13 Å². The quantitative estimate of drug-likeness (QED) is 0.596. The third kappa shape index (κ3) is 2.81. The minimum Gasteiger partial charge on any atom is -0.496 e. The van der Waals surface area contributed by atoms with Crippen molar-refractivity contribution in [1.29, 1.82) is 0 Å². The van der Waals surface area contributed by atoms with E-state index >= 15 is 0 Å². The Morgan fingerprint density at radius 1 is 1.19 bits per heavy atom. The minimum atomic E-state index is -0.326. The first-order valence-electron chi connectivity index (χ1n) is 7.92. The summed E-state index contributed by atoms with van der Waals surface area (Å²) in [6.45, 7) is 0.258. The molecule has 1 N–H and O–H groups in total. The molecule has 1 aromatic carbocycles. The molecule has 0 aliphatic heterocycles. The fraction of sp³-hybridized carbons (Fsp3) is 0.111. The monoisotopic (exact) mass is 350 g/mol. The molecule has 0 spiro atoms. The van der Waals surface area contributed by atoms with Crippen LogP contribution in [0.3, 0.4) is 0 Å². The fourth-order valence-corrected chi connectivity index (χ4v) is 2.77. The first kappa shape index (κ1) is 15.9. The molecular formula is C18H15FN6O. The van der Waals surface area contributed by atoms with Gasteiger partial charge in [-0.3, -0.25) is 14.4 Å². The van der Waals surface area contributed by atoms with E-state index in [4.69, 9.17) is 4.74 Å². The SMILES string of the molecule is COc1cccc(F)c1CNc1ccc(-c2cnccn2)c2nncn12. The van der Waals surface area contributed by atoms with Gasteiger partial charge in [0.1, 0.15) is 23.7 Å². The van der Waals surface area contributed by atoms with Crippen molar-refractivity contribution >= 4 is 11.5 Å². The maximum Gasteiger partial charge on any atom is 0.171 e. The van der Waals surface area contributed by atoms with Crippen LogP contribution in [0.2, 0.25) is 0 Å². The normalized spacial score (nSPS) is 10.8. The smallest absolute Gasteiger partial charge is 0.171 e. The van der Waals surface area contributed by atoms with Crippen LogP contribution in [0.25, 0.3) is 16.9 Å². The van der Waals surface area contributed by atoms with E-state index in [1.807, 2.05) is 12.1 Å². The first-order chi connectivity index (χ1) is 12.8. The number of benzene rings is 1. The van der Waals surface area contributed by atoms with Crippen molar-refractivity contribution in [2.24, 2.45) is 0 Å². The molecule has 0 atom stereocenters. The number of nitrogens with one attached hydrogen (secondary N) is 1. The summed E-state index contributed by atoms with van der Waals surface area (Å²) in [7, 11) is 1.52. The lowest BCUT2D eigenvalue weighted by atomic mass is 10.1. The summed E-state index contributed by atoms with van der Waals surface area (Å²) in [5.41, 5.74) is 2.60. The van der Waals surface area contributed by atoms with E-state index in [9.17, 15) is 4.39 Å². The van der Waals surface area contributed by atoms with Crippen molar-refractivity contribution in [2.45, 2.75) is 6.54 Å². The van der Waals surface area contributed by atoms with E-state index < -0.39 is 0 Å². The largest absolute Gasteiger partial charge is 0.496 e. The molecule has 0 saturated heterocycles. The number of nitrogens with zero attached hydrogens (tertiary/aromatic N) is 5. The number of rotatable bonds is 5. The fourth-order valence-electron chi connectivity index (χ4n) is 2.77. The van der Waals surface area contributed by atoms with Gasteiger partial charge in [-0.15, -0.1) is 10.2 Å². The molecule has 0 fully saturated rings. The number of ether oxygens (including phenoxy) is 1. The van der Waals surface area contributed by atoms with Crippen molar-refractivity contribution in [3.8, 4) is 17.0 Å². The summed E-state index contributed by atoms with van der Waals surface area (Å²) in [6, 6.07) is 8.50. The molecule has 0 saturated carbocycles. The van der Waals surface area contributed by atoms with E-state index in [-0.39, 0.29) is 12.4 Å². The van der Waals surface area contributed by atoms with Crippen molar-refractivity contribution in [2.75, 3.05) is 12.4 Å². The van der Waals surface area contributed by atoms with E-state index in [2.05, 4.69) is 25.5 Å². The van der Waals surface area contributed by atoms with Crippen LogP contribution in [0, 0.1) is 5.82 Å². The van der Waals surface area contributed by atoms with Gasteiger partial charge in [0.15, 0.2) is 5.65 Å². The molecule has 8 heteroatoms. The van der Waals surface area contributed by atoms with Gasteiger partial charge < -0.3 is 10.1 Å². The standard InChI is InChI=1S/C18H15FN6O/c1-26-16-4-2-3-14(19)13(16)9-22-17-6-5-12(15-10-20-7-8-21-15)18-24-23-11-25(17)18/h2-8,10-11,22H,9H2,1H3. The Bertz CT molecular complexity index is 1050. The number of fused-ring (bicyclic) bond motifs is 1. The zero-order chi connectivity index (χ0) is 17.9. The van der Waals surface area contributed by atoms with Crippen LogP contribution in [0.15, 0.2) is 55.2 Å². The second kappa shape index (κ2) is 6.75. The molecule has 0 bridgehead atoms. The maximum absolute atomic E-state index is 14.1. The number of hydrogen-bond donors (Lipinski definition) is 1. The Labute approximate surface area is 148 Å². The molecule has 0 aliphatic carbocycles. The van der Waals surface area contributed by atoms with Gasteiger partial charge in [-0.25, -0.2) is 4.39 Å². The molecule has 0 unspecified atom stereocenters. The van der Waals surface area contributed by atoms with Crippen LogP contribution in [0.4, 0.5) is 10.2 Å². The summed E-state index contributed by atoms with van der Waals surface area (Å²) < 4.78 is 21.1. The number of methoxy groups -OCH3 is 1. The minimum absolute atomic E-state index is 0.258. The summed E-state index contributed by atoms with van der Waals surface area (Å²) in [6.07, 6.45) is 6.50. The highest BCUT2D eigenvalue weighted by Gasteiger charge is 2.13. The molecule has 3 heterocycles. The van der Waals surface area contributed by atoms with Crippen molar-refractivity contribution in [3.63, 3.8) is 0 Å². The molecule has 4 rings (SSSR count). The molecule has 0 radical (unpaired) electrons. The third-order valence-corrected chi connectivity index (χ3v) is 4.04. The summed E-state index contributed by atoms with van der Waals surface area (Å²) in [5, 5.41) is 11.4. The highest BCUT2D eigenvalue weighted by atomic mass is 19.1. The predicted octanol–water partition coefficient (Wildman–Crippen LogP) is 2.95. The average Bonchev–Trinajstić information content (AvgIpc) is 3.17. The van der Waals surface area contributed by atoms with E-state index in [1.54, 1.807) is 41.5 Å². The highest BCUT2D eigenvalue weighted by molar-refractivity contribution is 5.76. The zero-order valence-electron chi connectivity index (χ0n) is 13.9. The van der Waals surface area contributed by atoms with Crippen LogP contribution in [0.5, 0.6) is 5.75 Å². The van der Waals surface area contributed by atoms with Gasteiger partial charge in [-0.1, -0.05) is 6.07 Å². The number of pyridine rings is 1. The molecule has 7 nitrogen and oxygen atoms in total. The summed E-state index contributed by atoms with van der Waals surface area (Å²) in [5.74, 6) is 0.893. The van der Waals surface area contributed by atoms with Crippen molar-refractivity contribution in [3.05, 3.63) is 66.6 Å². The maximum atomic E-state index is 14.1. The van der Waals surface area contributed by atoms with Crippen LogP contribution in [0.1, 0.15) is 5.56 Å². The number of aromatic nitrogens is 5. The molecule has 0 aliphatic rings. The lowest BCUT2D eigenvalue weighted by Gasteiger charge is -2.13. The zero-order valence-corrected chi connectivity index (χ0v) is 13.9. The second-order valence-electron chi connectivity index (χ2n) is 5.52. The van der Waals surface area contributed by atoms with Crippen LogP contribution >= 0.6 is 0 Å².